The Kier molecular flexibility index (Phi) is 4.73. The number of hydrogen-bond donors (Lipinski definition) is 2. The predicted molar refractivity (Wildman–Crippen MR) is 97.5 cm³/mol. The van der Waals surface area contributed by atoms with E-state index in [2.05, 4.69) is 20.3 Å². The first-order valence-electron chi connectivity index (χ1n) is 8.25. The second kappa shape index (κ2) is 6.96. The average molecular weight is 345 g/mol. The molecule has 134 valence electrons. The number of rotatable bonds is 4. The minimum absolute atomic E-state index is 0.291. The predicted octanol–water partition coefficient (Wildman–Crippen LogP) is 0.0105. The zero-order valence-electron chi connectivity index (χ0n) is 14.7. The second-order valence-electron chi connectivity index (χ2n) is 6.42. The van der Waals surface area contributed by atoms with E-state index in [4.69, 9.17) is 0 Å². The lowest BCUT2D eigenvalue weighted by molar-refractivity contribution is 0.520. The zero-order valence-corrected chi connectivity index (χ0v) is 14.7. The molecule has 0 aliphatic carbocycles. The lowest BCUT2D eigenvalue weighted by Crippen LogP contribution is -2.42. The van der Waals surface area contributed by atoms with Crippen molar-refractivity contribution in [2.45, 2.75) is 18.9 Å². The highest BCUT2D eigenvalue weighted by Crippen LogP contribution is 2.19. The second-order valence-corrected chi connectivity index (χ2v) is 6.42. The number of nitrogens with one attached hydrogen (secondary N) is 2. The van der Waals surface area contributed by atoms with Gasteiger partial charge in [-0.1, -0.05) is 0 Å². The van der Waals surface area contributed by atoms with Crippen LogP contribution in [0.5, 0.6) is 0 Å². The van der Waals surface area contributed by atoms with Crippen molar-refractivity contribution in [2.24, 2.45) is 7.05 Å². The number of piperidine rings is 1. The molecule has 0 radical (unpaired) electrons. The summed E-state index contributed by atoms with van der Waals surface area (Å²) in [6, 6.07) is 3.69. The molecule has 1 aliphatic rings. The van der Waals surface area contributed by atoms with Gasteiger partial charge < -0.3 is 15.1 Å². The molecule has 2 aromatic rings. The molecular weight excluding hydrogens is 322 g/mol. The summed E-state index contributed by atoms with van der Waals surface area (Å²) in [6.07, 6.45) is 3.33. The Morgan fingerprint density at radius 3 is 2.56 bits per heavy atom. The van der Waals surface area contributed by atoms with Gasteiger partial charge in [0.05, 0.1) is 0 Å². The van der Waals surface area contributed by atoms with Gasteiger partial charge in [-0.2, -0.15) is 0 Å². The summed E-state index contributed by atoms with van der Waals surface area (Å²) in [5.74, 6) is 2.25. The Morgan fingerprint density at radius 1 is 1.20 bits per heavy atom. The largest absolute Gasteiger partial charge is 0.367 e. The smallest absolute Gasteiger partial charge is 0.329 e. The van der Waals surface area contributed by atoms with Crippen LogP contribution >= 0.6 is 0 Å². The van der Waals surface area contributed by atoms with Crippen LogP contribution in [-0.2, 0) is 7.05 Å². The molecule has 1 saturated heterocycles. The zero-order chi connectivity index (χ0) is 18.0. The van der Waals surface area contributed by atoms with E-state index in [1.54, 1.807) is 6.33 Å². The summed E-state index contributed by atoms with van der Waals surface area (Å²) in [4.78, 5) is 38.7. The van der Waals surface area contributed by atoms with E-state index in [0.29, 0.717) is 11.9 Å². The van der Waals surface area contributed by atoms with Gasteiger partial charge >= 0.3 is 5.69 Å². The highest BCUT2D eigenvalue weighted by atomic mass is 16.2. The fourth-order valence-corrected chi connectivity index (χ4v) is 2.86. The molecular formula is C16H23N7O2. The minimum Gasteiger partial charge on any atom is -0.367 e. The first kappa shape index (κ1) is 17.0. The van der Waals surface area contributed by atoms with Crippen molar-refractivity contribution in [3.63, 3.8) is 0 Å². The Morgan fingerprint density at radius 2 is 1.92 bits per heavy atom. The SMILES string of the molecule is CN(C)c1cc(NC2CCN(c3cc(=O)n(C)c(=O)[nH]3)CC2)ncn1. The van der Waals surface area contributed by atoms with Crippen molar-refractivity contribution in [1.29, 1.82) is 0 Å². The van der Waals surface area contributed by atoms with Crippen molar-refractivity contribution in [3.05, 3.63) is 39.3 Å². The van der Waals surface area contributed by atoms with E-state index in [0.717, 1.165) is 42.1 Å². The molecule has 0 unspecified atom stereocenters. The van der Waals surface area contributed by atoms with E-state index in [9.17, 15) is 9.59 Å². The molecule has 2 N–H and O–H groups in total. The Bertz CT molecular complexity index is 819. The van der Waals surface area contributed by atoms with Crippen LogP contribution in [0, 0.1) is 0 Å². The summed E-state index contributed by atoms with van der Waals surface area (Å²) in [7, 11) is 5.34. The number of aromatic amines is 1. The van der Waals surface area contributed by atoms with Crippen LogP contribution in [-0.4, -0.2) is 52.7 Å². The van der Waals surface area contributed by atoms with Crippen molar-refractivity contribution in [3.8, 4) is 0 Å². The molecule has 1 aliphatic heterocycles. The topological polar surface area (TPSA) is 99.2 Å². The van der Waals surface area contributed by atoms with Gasteiger partial charge in [-0.25, -0.2) is 14.8 Å². The maximum absolute atomic E-state index is 11.8. The third kappa shape index (κ3) is 3.81. The number of nitrogens with zero attached hydrogens (tertiary/aromatic N) is 5. The Hall–Kier alpha value is -2.84. The third-order valence-corrected chi connectivity index (χ3v) is 4.43. The number of H-pyrrole nitrogens is 1. The van der Waals surface area contributed by atoms with Crippen LogP contribution in [0.2, 0.25) is 0 Å². The molecule has 2 aromatic heterocycles. The molecule has 0 atom stereocenters. The average Bonchev–Trinajstić information content (AvgIpc) is 2.60. The molecule has 3 rings (SSSR count). The fourth-order valence-electron chi connectivity index (χ4n) is 2.86. The van der Waals surface area contributed by atoms with Crippen LogP contribution in [0.3, 0.4) is 0 Å². The standard InChI is InChI=1S/C16H23N7O2/c1-21(2)13-8-12(17-10-18-13)19-11-4-6-23(7-5-11)14-9-15(24)22(3)16(25)20-14/h8-11H,4-7H2,1-3H3,(H,20,25)(H,17,18,19). The highest BCUT2D eigenvalue weighted by Gasteiger charge is 2.21. The molecule has 0 amide bonds. The highest BCUT2D eigenvalue weighted by molar-refractivity contribution is 5.48. The number of hydrogen-bond acceptors (Lipinski definition) is 7. The van der Waals surface area contributed by atoms with Gasteiger partial charge in [0.1, 0.15) is 23.8 Å². The van der Waals surface area contributed by atoms with Gasteiger partial charge in [0.25, 0.3) is 5.56 Å². The summed E-state index contributed by atoms with van der Waals surface area (Å²) in [6.45, 7) is 1.51. The normalized spacial score (nSPS) is 15.2. The van der Waals surface area contributed by atoms with E-state index in [1.165, 1.54) is 13.1 Å². The van der Waals surface area contributed by atoms with Gasteiger partial charge in [0.2, 0.25) is 0 Å². The van der Waals surface area contributed by atoms with E-state index in [-0.39, 0.29) is 11.2 Å². The summed E-state index contributed by atoms with van der Waals surface area (Å²) >= 11 is 0. The minimum atomic E-state index is -0.389. The van der Waals surface area contributed by atoms with Crippen LogP contribution in [0.1, 0.15) is 12.8 Å². The van der Waals surface area contributed by atoms with Crippen LogP contribution in [0.15, 0.2) is 28.0 Å². The Balaban J connectivity index is 1.63. The number of anilines is 3. The third-order valence-electron chi connectivity index (χ3n) is 4.43. The van der Waals surface area contributed by atoms with Gasteiger partial charge in [0.15, 0.2) is 0 Å². The monoisotopic (exact) mass is 345 g/mol. The summed E-state index contributed by atoms with van der Waals surface area (Å²) < 4.78 is 1.06. The fraction of sp³-hybridized carbons (Fsp3) is 0.500. The van der Waals surface area contributed by atoms with Crippen LogP contribution in [0.4, 0.5) is 17.5 Å². The van der Waals surface area contributed by atoms with E-state index < -0.39 is 0 Å². The first-order valence-corrected chi connectivity index (χ1v) is 8.25. The first-order chi connectivity index (χ1) is 11.9. The molecule has 0 aromatic carbocycles. The number of aromatic nitrogens is 4. The summed E-state index contributed by atoms with van der Waals surface area (Å²) in [5, 5.41) is 3.44. The molecule has 3 heterocycles. The molecule has 0 spiro atoms. The molecule has 25 heavy (non-hydrogen) atoms. The van der Waals surface area contributed by atoms with Crippen LogP contribution in [0.25, 0.3) is 0 Å². The Labute approximate surface area is 145 Å². The maximum Gasteiger partial charge on any atom is 0.329 e. The molecule has 9 heteroatoms. The van der Waals surface area contributed by atoms with Crippen molar-refractivity contribution < 1.29 is 0 Å². The molecule has 1 fully saturated rings. The molecule has 0 saturated carbocycles. The lowest BCUT2D eigenvalue weighted by Gasteiger charge is -2.33. The molecule has 9 nitrogen and oxygen atoms in total. The van der Waals surface area contributed by atoms with Crippen molar-refractivity contribution in [2.75, 3.05) is 42.3 Å². The quantitative estimate of drug-likeness (QED) is 0.805. The molecule has 0 bridgehead atoms. The van der Waals surface area contributed by atoms with Gasteiger partial charge in [0, 0.05) is 52.4 Å². The van der Waals surface area contributed by atoms with E-state index in [1.807, 2.05) is 30.0 Å². The van der Waals surface area contributed by atoms with Gasteiger partial charge in [-0.15, -0.1) is 0 Å². The van der Waals surface area contributed by atoms with E-state index >= 15 is 0 Å². The lowest BCUT2D eigenvalue weighted by atomic mass is 10.1. The van der Waals surface area contributed by atoms with Gasteiger partial charge in [-0.3, -0.25) is 14.3 Å². The summed E-state index contributed by atoms with van der Waals surface area (Å²) in [5.41, 5.74) is -0.684. The van der Waals surface area contributed by atoms with Crippen molar-refractivity contribution >= 4 is 17.5 Å². The maximum atomic E-state index is 11.8. The van der Waals surface area contributed by atoms with Crippen molar-refractivity contribution in [1.82, 2.24) is 19.5 Å². The van der Waals surface area contributed by atoms with Gasteiger partial charge in [-0.05, 0) is 12.8 Å². The van der Waals surface area contributed by atoms with Crippen LogP contribution < -0.4 is 26.4 Å².